The minimum absolute atomic E-state index is 0. The highest BCUT2D eigenvalue weighted by atomic mass is 32.2. The molecule has 0 radical (unpaired) electrons. The molecule has 0 N–H and O–H groups in total. The van der Waals surface area contributed by atoms with Gasteiger partial charge in [0.15, 0.2) is 11.1 Å². The second-order valence-corrected chi connectivity index (χ2v) is 6.78. The summed E-state index contributed by atoms with van der Waals surface area (Å²) in [5, 5.41) is 8.17. The SMILES string of the molecule is C.COS(=O)CCCCCCCCSCCCOC#N. The van der Waals surface area contributed by atoms with Gasteiger partial charge in [-0.25, -0.2) is 4.21 Å². The molecule has 0 aromatic carbocycles. The third-order valence-corrected chi connectivity index (χ3v) is 4.78. The van der Waals surface area contributed by atoms with Crippen LogP contribution < -0.4 is 0 Å². The minimum Gasteiger partial charge on any atom is -0.427 e. The highest BCUT2D eigenvalue weighted by Gasteiger charge is 1.97. The Morgan fingerprint density at radius 2 is 1.65 bits per heavy atom. The topological polar surface area (TPSA) is 59.3 Å². The minimum atomic E-state index is -1.08. The fourth-order valence-corrected chi connectivity index (χ4v) is 3.14. The first-order valence-electron chi connectivity index (χ1n) is 6.82. The fraction of sp³-hybridized carbons (Fsp3) is 0.929. The van der Waals surface area contributed by atoms with Crippen molar-refractivity contribution in [3.05, 3.63) is 0 Å². The van der Waals surface area contributed by atoms with Gasteiger partial charge in [-0.3, -0.25) is 4.18 Å². The molecule has 4 nitrogen and oxygen atoms in total. The van der Waals surface area contributed by atoms with Crippen LogP contribution in [0.2, 0.25) is 0 Å². The van der Waals surface area contributed by atoms with Crippen molar-refractivity contribution in [2.45, 2.75) is 52.4 Å². The summed E-state index contributed by atoms with van der Waals surface area (Å²) >= 11 is 0.857. The zero-order chi connectivity index (χ0) is 14.2. The Kier molecular flexibility index (Phi) is 20.7. The zero-order valence-electron chi connectivity index (χ0n) is 11.8. The van der Waals surface area contributed by atoms with E-state index in [1.165, 1.54) is 38.5 Å². The van der Waals surface area contributed by atoms with Crippen molar-refractivity contribution in [3.8, 4) is 6.26 Å². The van der Waals surface area contributed by atoms with Crippen molar-refractivity contribution in [2.75, 3.05) is 31.0 Å². The van der Waals surface area contributed by atoms with Gasteiger partial charge in [0.25, 0.3) is 6.26 Å². The van der Waals surface area contributed by atoms with Gasteiger partial charge >= 0.3 is 0 Å². The van der Waals surface area contributed by atoms with Gasteiger partial charge in [0.2, 0.25) is 0 Å². The number of nitriles is 1. The van der Waals surface area contributed by atoms with E-state index in [1.807, 2.05) is 11.8 Å². The molecule has 0 fully saturated rings. The van der Waals surface area contributed by atoms with Gasteiger partial charge in [-0.2, -0.15) is 17.0 Å². The molecule has 1 unspecified atom stereocenters. The maximum absolute atomic E-state index is 11.0. The van der Waals surface area contributed by atoms with Gasteiger partial charge in [0.05, 0.1) is 7.11 Å². The van der Waals surface area contributed by atoms with Gasteiger partial charge in [-0.15, -0.1) is 0 Å². The average Bonchev–Trinajstić information content (AvgIpc) is 2.43. The van der Waals surface area contributed by atoms with Crippen molar-refractivity contribution < 1.29 is 13.1 Å². The second kappa shape index (κ2) is 18.8. The van der Waals surface area contributed by atoms with Crippen molar-refractivity contribution >= 4 is 22.8 Å². The van der Waals surface area contributed by atoms with E-state index < -0.39 is 11.1 Å². The van der Waals surface area contributed by atoms with Gasteiger partial charge in [0.1, 0.15) is 6.61 Å². The highest BCUT2D eigenvalue weighted by molar-refractivity contribution is 7.99. The Balaban J connectivity index is 0. The Labute approximate surface area is 131 Å². The van der Waals surface area contributed by atoms with Crippen LogP contribution in [0.25, 0.3) is 0 Å². The maximum Gasteiger partial charge on any atom is 0.286 e. The van der Waals surface area contributed by atoms with Crippen LogP contribution in [0.15, 0.2) is 0 Å². The van der Waals surface area contributed by atoms with E-state index in [4.69, 9.17) is 9.44 Å². The van der Waals surface area contributed by atoms with Crippen LogP contribution in [0.5, 0.6) is 0 Å². The standard InChI is InChI=1S/C13H25NO3S2.CH4/c1-16-19(15)12-7-5-3-2-4-6-10-18-11-8-9-17-13-14;/h2-12H2,1H3;1H4. The molecular weight excluding hydrogens is 294 g/mol. The van der Waals surface area contributed by atoms with Crippen LogP contribution in [0.1, 0.15) is 52.4 Å². The first-order chi connectivity index (χ1) is 9.31. The molecule has 120 valence electrons. The molecule has 0 bridgehead atoms. The molecule has 6 heteroatoms. The monoisotopic (exact) mass is 323 g/mol. The maximum atomic E-state index is 11.0. The van der Waals surface area contributed by atoms with E-state index in [0.29, 0.717) is 12.4 Å². The number of thioether (sulfide) groups is 1. The number of rotatable bonds is 14. The van der Waals surface area contributed by atoms with E-state index in [9.17, 15) is 4.21 Å². The molecule has 0 amide bonds. The first-order valence-corrected chi connectivity index (χ1v) is 9.22. The van der Waals surface area contributed by atoms with Crippen molar-refractivity contribution in [1.82, 2.24) is 0 Å². The summed E-state index contributed by atoms with van der Waals surface area (Å²) in [6.45, 7) is 0.548. The van der Waals surface area contributed by atoms with Crippen LogP contribution in [0.4, 0.5) is 0 Å². The van der Waals surface area contributed by atoms with Gasteiger partial charge in [0, 0.05) is 5.75 Å². The number of nitrogens with zero attached hydrogens (tertiary/aromatic N) is 1. The van der Waals surface area contributed by atoms with E-state index in [0.717, 1.165) is 25.0 Å². The third kappa shape index (κ3) is 17.8. The van der Waals surface area contributed by atoms with Crippen LogP contribution in [0.3, 0.4) is 0 Å². The van der Waals surface area contributed by atoms with E-state index in [1.54, 1.807) is 6.26 Å². The molecule has 0 heterocycles. The lowest BCUT2D eigenvalue weighted by molar-refractivity contribution is 0.272. The summed E-state index contributed by atoms with van der Waals surface area (Å²) in [5.41, 5.74) is 0. The van der Waals surface area contributed by atoms with Gasteiger partial charge < -0.3 is 4.74 Å². The van der Waals surface area contributed by atoms with Crippen LogP contribution >= 0.6 is 11.8 Å². The lowest BCUT2D eigenvalue weighted by Gasteiger charge is -2.02. The molecule has 0 spiro atoms. The Morgan fingerprint density at radius 3 is 2.30 bits per heavy atom. The summed E-state index contributed by atoms with van der Waals surface area (Å²) in [5.74, 6) is 2.93. The second-order valence-electron chi connectivity index (χ2n) is 4.20. The van der Waals surface area contributed by atoms with E-state index in [2.05, 4.69) is 4.74 Å². The summed E-state index contributed by atoms with van der Waals surface area (Å²) in [4.78, 5) is 0. The number of hydrogen-bond acceptors (Lipinski definition) is 5. The fourth-order valence-electron chi connectivity index (χ4n) is 1.60. The molecule has 0 aliphatic carbocycles. The summed E-state index contributed by atoms with van der Waals surface area (Å²) in [6, 6.07) is 0. The predicted molar refractivity (Wildman–Crippen MR) is 88.0 cm³/mol. The Morgan fingerprint density at radius 1 is 1.05 bits per heavy atom. The highest BCUT2D eigenvalue weighted by Crippen LogP contribution is 2.10. The Bertz CT molecular complexity index is 257. The lowest BCUT2D eigenvalue weighted by Crippen LogP contribution is -1.98. The molecule has 0 aliphatic rings. The molecule has 1 atom stereocenters. The van der Waals surface area contributed by atoms with Crippen LogP contribution in [-0.2, 0) is 20.0 Å². The quantitative estimate of drug-likeness (QED) is 0.358. The van der Waals surface area contributed by atoms with Crippen molar-refractivity contribution in [3.63, 3.8) is 0 Å². The van der Waals surface area contributed by atoms with Gasteiger partial charge in [-0.1, -0.05) is 33.1 Å². The van der Waals surface area contributed by atoms with Crippen LogP contribution in [0, 0.1) is 11.5 Å². The summed E-state index contributed by atoms with van der Waals surface area (Å²) in [6.07, 6.45) is 9.79. The molecule has 0 aromatic rings. The number of unbranched alkanes of at least 4 members (excludes halogenated alkanes) is 5. The van der Waals surface area contributed by atoms with Crippen molar-refractivity contribution in [2.24, 2.45) is 0 Å². The smallest absolute Gasteiger partial charge is 0.286 e. The summed E-state index contributed by atoms with van der Waals surface area (Å²) in [7, 11) is 1.49. The Hall–Kier alpha value is -0.250. The van der Waals surface area contributed by atoms with Crippen molar-refractivity contribution in [1.29, 1.82) is 5.26 Å². The molecule has 0 rings (SSSR count). The lowest BCUT2D eigenvalue weighted by atomic mass is 10.1. The molecule has 0 aromatic heterocycles. The van der Waals surface area contributed by atoms with E-state index >= 15 is 0 Å². The molecular formula is C14H29NO3S2. The largest absolute Gasteiger partial charge is 0.427 e. The molecule has 0 aliphatic heterocycles. The molecule has 20 heavy (non-hydrogen) atoms. The molecule has 0 saturated heterocycles. The summed E-state index contributed by atoms with van der Waals surface area (Å²) < 4.78 is 20.3. The first kappa shape index (κ1) is 22.0. The normalized spacial score (nSPS) is 11.4. The van der Waals surface area contributed by atoms with E-state index in [-0.39, 0.29) is 7.43 Å². The number of ether oxygens (including phenoxy) is 1. The zero-order valence-corrected chi connectivity index (χ0v) is 13.4. The average molecular weight is 324 g/mol. The third-order valence-electron chi connectivity index (χ3n) is 2.64. The predicted octanol–water partition coefficient (Wildman–Crippen LogP) is 3.89. The number of hydrogen-bond donors (Lipinski definition) is 0. The molecule has 0 saturated carbocycles. The van der Waals surface area contributed by atoms with Gasteiger partial charge in [-0.05, 0) is 30.8 Å². The van der Waals surface area contributed by atoms with Crippen LogP contribution in [-0.4, -0.2) is 35.2 Å².